The first kappa shape index (κ1) is 43.8. The number of aryl methyl sites for hydroxylation is 1. The fourth-order valence-electron chi connectivity index (χ4n) is 7.39. The molecule has 18 heteroatoms. The molecule has 2 fully saturated rings. The summed E-state index contributed by atoms with van der Waals surface area (Å²) in [6.45, 7) is 9.82. The summed E-state index contributed by atoms with van der Waals surface area (Å²) in [6, 6.07) is 9.05. The molecule has 324 valence electrons. The monoisotopic (exact) mass is 876 g/mol. The number of imidazole rings is 1. The Kier molecular flexibility index (Phi) is 13.8. The molecule has 3 atom stereocenters. The molecular weight excluding hydrogens is 827 g/mol. The second kappa shape index (κ2) is 19.2. The number of ether oxygens (including phenoxy) is 2. The van der Waals surface area contributed by atoms with Gasteiger partial charge in [0.25, 0.3) is 5.91 Å². The van der Waals surface area contributed by atoms with Crippen molar-refractivity contribution in [2.75, 3.05) is 50.9 Å². The molecule has 61 heavy (non-hydrogen) atoms. The predicted octanol–water partition coefficient (Wildman–Crippen LogP) is 6.28. The Morgan fingerprint density at radius 1 is 1.03 bits per heavy atom. The highest BCUT2D eigenvalue weighted by atomic mass is 32.1. The number of aromatic amines is 1. The lowest BCUT2D eigenvalue weighted by Gasteiger charge is -2.35. The highest BCUT2D eigenvalue weighted by Crippen LogP contribution is 2.38. The van der Waals surface area contributed by atoms with E-state index >= 15 is 0 Å². The second-order valence-electron chi connectivity index (χ2n) is 16.2. The van der Waals surface area contributed by atoms with Crippen LogP contribution in [0.1, 0.15) is 64.0 Å². The third kappa shape index (κ3) is 10.4. The maximum Gasteiger partial charge on any atom is 0.257 e. The standard InChI is InChI=1S/C43H50F2N8O6S2/c1-25-38(61-24-48-25)27-10-8-26(9-11-27)31-20-47-40(49-31)33-19-28(54)21-53(33)41(57)39(43(2,3)4)51-34(55)7-5-6-14-46-35(56)22-59-37-29(12-13-30(44)36(37)45)32-23-60-42(50-32)52-15-17-58-18-16-52/h8-13,20,23-24,28,33,39,54H,5-7,14-19,21-22H2,1-4H3,(H,46,56)(H,47,49)(H,51,55)/t28-,33+,39-/m1/s1. The van der Waals surface area contributed by atoms with Crippen LogP contribution in [0.2, 0.25) is 0 Å². The zero-order valence-electron chi connectivity index (χ0n) is 34.5. The lowest BCUT2D eigenvalue weighted by Crippen LogP contribution is -2.54. The minimum Gasteiger partial charge on any atom is -0.480 e. The smallest absolute Gasteiger partial charge is 0.257 e. The molecule has 2 saturated heterocycles. The van der Waals surface area contributed by atoms with Crippen LogP contribution in [0.5, 0.6) is 5.75 Å². The third-order valence-corrected chi connectivity index (χ3v) is 12.6. The Hall–Kier alpha value is -5.30. The summed E-state index contributed by atoms with van der Waals surface area (Å²) in [7, 11) is 0. The molecule has 5 aromatic rings. The number of β-amino-alcohol motifs (C(OH)–C–C–N with tert-alkyl or cyclic N) is 1. The van der Waals surface area contributed by atoms with Gasteiger partial charge in [0.1, 0.15) is 11.9 Å². The number of benzene rings is 2. The van der Waals surface area contributed by atoms with E-state index in [4.69, 9.17) is 9.47 Å². The summed E-state index contributed by atoms with van der Waals surface area (Å²) in [5.74, 6) is -3.37. The number of carbonyl (C=O) groups excluding carboxylic acids is 3. The fraction of sp³-hybridized carbons (Fsp3) is 0.442. The van der Waals surface area contributed by atoms with Crippen molar-refractivity contribution in [1.82, 2.24) is 35.5 Å². The van der Waals surface area contributed by atoms with Gasteiger partial charge in [-0.1, -0.05) is 45.0 Å². The van der Waals surface area contributed by atoms with Crippen molar-refractivity contribution < 1.29 is 37.7 Å². The van der Waals surface area contributed by atoms with Gasteiger partial charge in [0.05, 0.1) is 59.0 Å². The van der Waals surface area contributed by atoms with Gasteiger partial charge in [0, 0.05) is 50.0 Å². The van der Waals surface area contributed by atoms with Crippen LogP contribution in [0, 0.1) is 24.0 Å². The van der Waals surface area contributed by atoms with Crippen LogP contribution in [0.3, 0.4) is 0 Å². The summed E-state index contributed by atoms with van der Waals surface area (Å²) < 4.78 is 40.1. The molecule has 5 heterocycles. The van der Waals surface area contributed by atoms with Gasteiger partial charge in [-0.3, -0.25) is 14.4 Å². The Labute approximate surface area is 360 Å². The van der Waals surface area contributed by atoms with Gasteiger partial charge in [-0.05, 0) is 48.4 Å². The molecule has 2 aliphatic heterocycles. The summed E-state index contributed by atoms with van der Waals surface area (Å²) in [4.78, 5) is 61.8. The lowest BCUT2D eigenvalue weighted by atomic mass is 9.85. The molecule has 7 rings (SSSR count). The van der Waals surface area contributed by atoms with E-state index in [9.17, 15) is 28.3 Å². The number of halogens is 2. The molecule has 3 aromatic heterocycles. The van der Waals surface area contributed by atoms with E-state index in [2.05, 4.69) is 35.5 Å². The summed E-state index contributed by atoms with van der Waals surface area (Å²) in [5.41, 5.74) is 5.56. The molecule has 0 radical (unpaired) electrons. The zero-order valence-corrected chi connectivity index (χ0v) is 36.1. The number of rotatable bonds is 15. The first-order valence-corrected chi connectivity index (χ1v) is 22.0. The predicted molar refractivity (Wildman–Crippen MR) is 229 cm³/mol. The summed E-state index contributed by atoms with van der Waals surface area (Å²) in [5, 5.41) is 18.8. The molecule has 4 N–H and O–H groups in total. The number of amides is 3. The van der Waals surface area contributed by atoms with Crippen molar-refractivity contribution >= 4 is 45.5 Å². The van der Waals surface area contributed by atoms with Gasteiger partial charge in [0.15, 0.2) is 23.3 Å². The van der Waals surface area contributed by atoms with Crippen LogP contribution in [0.4, 0.5) is 13.9 Å². The van der Waals surface area contributed by atoms with Crippen molar-refractivity contribution in [3.63, 3.8) is 0 Å². The van der Waals surface area contributed by atoms with Gasteiger partial charge >= 0.3 is 0 Å². The van der Waals surface area contributed by atoms with Crippen molar-refractivity contribution in [3.8, 4) is 38.7 Å². The Morgan fingerprint density at radius 3 is 2.51 bits per heavy atom. The summed E-state index contributed by atoms with van der Waals surface area (Å²) in [6.07, 6.45) is 2.19. The van der Waals surface area contributed by atoms with Crippen LogP contribution in [-0.4, -0.2) is 106 Å². The second-order valence-corrected chi connectivity index (χ2v) is 17.9. The maximum atomic E-state index is 15.0. The average Bonchev–Trinajstić information content (AvgIpc) is 4.08. The third-order valence-electron chi connectivity index (χ3n) is 10.7. The van der Waals surface area contributed by atoms with Crippen LogP contribution in [0.15, 0.2) is 53.5 Å². The highest BCUT2D eigenvalue weighted by molar-refractivity contribution is 7.14. The number of morpholine rings is 1. The van der Waals surface area contributed by atoms with Gasteiger partial charge in [-0.25, -0.2) is 19.3 Å². The molecule has 2 aromatic carbocycles. The van der Waals surface area contributed by atoms with E-state index in [1.54, 1.807) is 27.8 Å². The molecule has 0 bridgehead atoms. The van der Waals surface area contributed by atoms with Crippen LogP contribution >= 0.6 is 22.7 Å². The highest BCUT2D eigenvalue weighted by Gasteiger charge is 2.43. The Balaban J connectivity index is 0.890. The van der Waals surface area contributed by atoms with E-state index in [0.717, 1.165) is 38.6 Å². The SMILES string of the molecule is Cc1ncsc1-c1ccc(-c2cnc([C@@H]3C[C@@H](O)CN3C(=O)[C@@H](NC(=O)CCCCNC(=O)COc3c(-c4csc(N5CCOCC5)n4)ccc(F)c3F)C(C)(C)C)[nH]2)cc1. The minimum absolute atomic E-state index is 0.0964. The largest absolute Gasteiger partial charge is 0.480 e. The van der Waals surface area contributed by atoms with Crippen molar-refractivity contribution in [1.29, 1.82) is 0 Å². The number of nitrogens with zero attached hydrogens (tertiary/aromatic N) is 5. The number of hydrogen-bond donors (Lipinski definition) is 4. The number of aliphatic hydroxyl groups excluding tert-OH is 1. The maximum absolute atomic E-state index is 15.0. The number of likely N-dealkylation sites (tertiary alicyclic amines) is 1. The molecule has 14 nitrogen and oxygen atoms in total. The number of H-pyrrole nitrogens is 1. The number of unbranched alkanes of at least 4 members (excludes halogenated alkanes) is 1. The Morgan fingerprint density at radius 2 is 1.79 bits per heavy atom. The van der Waals surface area contributed by atoms with Gasteiger partial charge in [-0.15, -0.1) is 22.7 Å². The summed E-state index contributed by atoms with van der Waals surface area (Å²) >= 11 is 2.96. The van der Waals surface area contributed by atoms with Crippen molar-refractivity contribution in [3.05, 3.63) is 76.6 Å². The van der Waals surface area contributed by atoms with Crippen molar-refractivity contribution in [2.24, 2.45) is 5.41 Å². The molecule has 0 spiro atoms. The van der Waals surface area contributed by atoms with E-state index < -0.39 is 53.5 Å². The number of aliphatic hydroxyl groups is 1. The zero-order chi connectivity index (χ0) is 43.3. The molecule has 2 aliphatic rings. The quantitative estimate of drug-likeness (QED) is 0.0878. The van der Waals surface area contributed by atoms with Gasteiger partial charge in [0.2, 0.25) is 17.6 Å². The molecule has 3 amide bonds. The van der Waals surface area contributed by atoms with Crippen LogP contribution < -0.4 is 20.3 Å². The molecule has 0 unspecified atom stereocenters. The number of hydrogen-bond acceptors (Lipinski definition) is 12. The topological polar surface area (TPSA) is 175 Å². The molecular formula is C43H50F2N8O6S2. The first-order valence-electron chi connectivity index (χ1n) is 20.3. The number of anilines is 1. The van der Waals surface area contributed by atoms with Crippen LogP contribution in [0.25, 0.3) is 33.0 Å². The Bertz CT molecular complexity index is 2320. The van der Waals surface area contributed by atoms with Crippen molar-refractivity contribution in [2.45, 2.75) is 71.6 Å². The van der Waals surface area contributed by atoms with E-state index in [1.165, 1.54) is 17.4 Å². The van der Waals surface area contributed by atoms with E-state index in [0.29, 0.717) is 57.1 Å². The van der Waals surface area contributed by atoms with Gasteiger partial charge < -0.3 is 40.0 Å². The normalized spacial score (nSPS) is 17.4. The molecule has 0 saturated carbocycles. The number of nitrogens with one attached hydrogen (secondary N) is 3. The van der Waals surface area contributed by atoms with E-state index in [1.807, 2.05) is 57.5 Å². The first-order chi connectivity index (χ1) is 29.3. The minimum atomic E-state index is -1.21. The lowest BCUT2D eigenvalue weighted by molar-refractivity contribution is -0.140. The average molecular weight is 877 g/mol. The van der Waals surface area contributed by atoms with Gasteiger partial charge in [-0.2, -0.15) is 4.39 Å². The fourth-order valence-corrected chi connectivity index (χ4v) is 9.08. The van der Waals surface area contributed by atoms with E-state index in [-0.39, 0.29) is 36.9 Å². The number of carbonyl (C=O) groups is 3. The molecule has 0 aliphatic carbocycles. The van der Waals surface area contributed by atoms with Crippen LogP contribution in [-0.2, 0) is 19.1 Å². The number of thiazole rings is 2. The number of aromatic nitrogens is 4.